The van der Waals surface area contributed by atoms with Crippen LogP contribution in [0.25, 0.3) is 6.08 Å². The summed E-state index contributed by atoms with van der Waals surface area (Å²) < 4.78 is 0. The standard InChI is InChI=1S/C16H21N/c1-12(2)17-8-7-15-9-13-5-3-4-6-14(13)10-16(15)11-17/h3-6,9,12,16H,7-8,10-11H2,1-2H3. The number of rotatable bonds is 1. The molecule has 1 aromatic rings. The quantitative estimate of drug-likeness (QED) is 0.711. The summed E-state index contributed by atoms with van der Waals surface area (Å²) in [7, 11) is 0. The van der Waals surface area contributed by atoms with Gasteiger partial charge in [0, 0.05) is 19.1 Å². The van der Waals surface area contributed by atoms with E-state index in [1.807, 2.05) is 0 Å². The Morgan fingerprint density at radius 1 is 1.24 bits per heavy atom. The number of fused-ring (bicyclic) bond motifs is 2. The van der Waals surface area contributed by atoms with Crippen LogP contribution in [0.4, 0.5) is 0 Å². The maximum absolute atomic E-state index is 2.62. The minimum atomic E-state index is 0.689. The predicted octanol–water partition coefficient (Wildman–Crippen LogP) is 3.36. The summed E-state index contributed by atoms with van der Waals surface area (Å²) in [5, 5.41) is 0. The second-order valence-corrected chi connectivity index (χ2v) is 5.66. The Bertz CT molecular complexity index is 445. The van der Waals surface area contributed by atoms with Crippen molar-refractivity contribution in [2.24, 2.45) is 5.92 Å². The van der Waals surface area contributed by atoms with Crippen molar-refractivity contribution in [1.82, 2.24) is 4.90 Å². The highest BCUT2D eigenvalue weighted by Crippen LogP contribution is 2.34. The van der Waals surface area contributed by atoms with Crippen LogP contribution in [0.2, 0.25) is 0 Å². The zero-order valence-corrected chi connectivity index (χ0v) is 10.8. The van der Waals surface area contributed by atoms with Gasteiger partial charge in [0.2, 0.25) is 0 Å². The topological polar surface area (TPSA) is 3.24 Å². The van der Waals surface area contributed by atoms with Crippen LogP contribution in [-0.2, 0) is 6.42 Å². The molecule has 1 aliphatic heterocycles. The lowest BCUT2D eigenvalue weighted by atomic mass is 9.79. The van der Waals surface area contributed by atoms with Crippen molar-refractivity contribution in [3.63, 3.8) is 0 Å². The molecule has 0 bridgehead atoms. The van der Waals surface area contributed by atoms with Gasteiger partial charge in [0.1, 0.15) is 0 Å². The molecule has 3 rings (SSSR count). The fraction of sp³-hybridized carbons (Fsp3) is 0.500. The molecule has 0 saturated carbocycles. The second-order valence-electron chi connectivity index (χ2n) is 5.66. The van der Waals surface area contributed by atoms with E-state index in [4.69, 9.17) is 0 Å². The van der Waals surface area contributed by atoms with Crippen molar-refractivity contribution in [3.8, 4) is 0 Å². The minimum absolute atomic E-state index is 0.689. The van der Waals surface area contributed by atoms with Gasteiger partial charge in [-0.15, -0.1) is 0 Å². The SMILES string of the molecule is CC(C)N1CCC2=Cc3ccccc3CC2C1. The zero-order chi connectivity index (χ0) is 11.8. The largest absolute Gasteiger partial charge is 0.300 e. The Morgan fingerprint density at radius 2 is 2.06 bits per heavy atom. The average molecular weight is 227 g/mol. The molecular formula is C16H21N. The molecule has 17 heavy (non-hydrogen) atoms. The highest BCUT2D eigenvalue weighted by Gasteiger charge is 2.28. The van der Waals surface area contributed by atoms with Crippen molar-refractivity contribution in [2.75, 3.05) is 13.1 Å². The van der Waals surface area contributed by atoms with Gasteiger partial charge in [0.05, 0.1) is 0 Å². The number of benzene rings is 1. The molecule has 1 atom stereocenters. The van der Waals surface area contributed by atoms with Crippen LogP contribution >= 0.6 is 0 Å². The summed E-state index contributed by atoms with van der Waals surface area (Å²) in [6.07, 6.45) is 4.95. The van der Waals surface area contributed by atoms with Crippen molar-refractivity contribution in [3.05, 3.63) is 41.0 Å². The lowest BCUT2D eigenvalue weighted by Crippen LogP contribution is -2.42. The molecular weight excluding hydrogens is 206 g/mol. The van der Waals surface area contributed by atoms with Crippen LogP contribution in [0.5, 0.6) is 0 Å². The van der Waals surface area contributed by atoms with Crippen LogP contribution in [0.15, 0.2) is 29.8 Å². The Balaban J connectivity index is 1.86. The molecule has 1 unspecified atom stereocenters. The molecule has 0 radical (unpaired) electrons. The van der Waals surface area contributed by atoms with Gasteiger partial charge in [-0.25, -0.2) is 0 Å². The van der Waals surface area contributed by atoms with Gasteiger partial charge in [-0.3, -0.25) is 0 Å². The maximum Gasteiger partial charge on any atom is 0.00532 e. The third-order valence-electron chi connectivity index (χ3n) is 4.26. The van der Waals surface area contributed by atoms with Gasteiger partial charge in [0.25, 0.3) is 0 Å². The first-order valence-corrected chi connectivity index (χ1v) is 6.76. The number of hydrogen-bond acceptors (Lipinski definition) is 1. The summed E-state index contributed by atoms with van der Waals surface area (Å²) in [5.74, 6) is 0.765. The van der Waals surface area contributed by atoms with Gasteiger partial charge in [0.15, 0.2) is 0 Å². The van der Waals surface area contributed by atoms with Crippen LogP contribution in [0.1, 0.15) is 31.4 Å². The lowest BCUT2D eigenvalue weighted by Gasteiger charge is -2.39. The van der Waals surface area contributed by atoms with Gasteiger partial charge in [-0.2, -0.15) is 0 Å². The van der Waals surface area contributed by atoms with E-state index in [0.717, 1.165) is 5.92 Å². The number of hydrogen-bond donors (Lipinski definition) is 0. The molecule has 1 aromatic carbocycles. The first-order valence-electron chi connectivity index (χ1n) is 6.76. The summed E-state index contributed by atoms with van der Waals surface area (Å²) in [6, 6.07) is 9.55. The first kappa shape index (κ1) is 11.0. The van der Waals surface area contributed by atoms with Crippen LogP contribution in [-0.4, -0.2) is 24.0 Å². The Labute approximate surface area is 104 Å². The van der Waals surface area contributed by atoms with Gasteiger partial charge >= 0.3 is 0 Å². The fourth-order valence-corrected chi connectivity index (χ4v) is 3.15. The minimum Gasteiger partial charge on any atom is -0.300 e. The molecule has 1 aliphatic carbocycles. The summed E-state index contributed by atoms with van der Waals surface area (Å²) >= 11 is 0. The molecule has 0 N–H and O–H groups in total. The molecule has 0 amide bonds. The van der Waals surface area contributed by atoms with Crippen LogP contribution < -0.4 is 0 Å². The summed E-state index contributed by atoms with van der Waals surface area (Å²) in [4.78, 5) is 2.62. The van der Waals surface area contributed by atoms with Crippen molar-refractivity contribution in [1.29, 1.82) is 0 Å². The number of likely N-dealkylation sites (tertiary alicyclic amines) is 1. The van der Waals surface area contributed by atoms with E-state index in [-0.39, 0.29) is 0 Å². The van der Waals surface area contributed by atoms with Crippen LogP contribution in [0.3, 0.4) is 0 Å². The maximum atomic E-state index is 2.62. The molecule has 1 fully saturated rings. The van der Waals surface area contributed by atoms with E-state index in [2.05, 4.69) is 49.1 Å². The first-order chi connectivity index (χ1) is 8.24. The number of piperidine rings is 1. The van der Waals surface area contributed by atoms with Crippen molar-refractivity contribution < 1.29 is 0 Å². The third-order valence-corrected chi connectivity index (χ3v) is 4.26. The smallest absolute Gasteiger partial charge is 0.00532 e. The van der Waals surface area contributed by atoms with Gasteiger partial charge in [-0.1, -0.05) is 35.9 Å². The van der Waals surface area contributed by atoms with E-state index in [1.54, 1.807) is 5.57 Å². The molecule has 90 valence electrons. The fourth-order valence-electron chi connectivity index (χ4n) is 3.15. The molecule has 1 saturated heterocycles. The monoisotopic (exact) mass is 227 g/mol. The molecule has 0 aromatic heterocycles. The molecule has 0 spiro atoms. The van der Waals surface area contributed by atoms with Crippen molar-refractivity contribution in [2.45, 2.75) is 32.7 Å². The third kappa shape index (κ3) is 2.04. The van der Waals surface area contributed by atoms with E-state index in [1.165, 1.54) is 37.1 Å². The predicted molar refractivity (Wildman–Crippen MR) is 72.9 cm³/mol. The highest BCUT2D eigenvalue weighted by atomic mass is 15.2. The van der Waals surface area contributed by atoms with E-state index in [9.17, 15) is 0 Å². The average Bonchev–Trinajstić information content (AvgIpc) is 2.35. The van der Waals surface area contributed by atoms with Gasteiger partial charge in [-0.05, 0) is 43.7 Å². The van der Waals surface area contributed by atoms with E-state index < -0.39 is 0 Å². The normalized spacial score (nSPS) is 24.2. The Morgan fingerprint density at radius 3 is 2.88 bits per heavy atom. The molecule has 2 aliphatic rings. The van der Waals surface area contributed by atoms with Crippen molar-refractivity contribution >= 4 is 6.08 Å². The van der Waals surface area contributed by atoms with E-state index >= 15 is 0 Å². The molecule has 1 heterocycles. The number of nitrogens with zero attached hydrogens (tertiary/aromatic N) is 1. The summed E-state index contributed by atoms with van der Waals surface area (Å²) in [5.41, 5.74) is 4.67. The lowest BCUT2D eigenvalue weighted by molar-refractivity contribution is 0.172. The Hall–Kier alpha value is -1.08. The molecule has 1 heteroatoms. The molecule has 1 nitrogen and oxygen atoms in total. The zero-order valence-electron chi connectivity index (χ0n) is 10.8. The van der Waals surface area contributed by atoms with Crippen LogP contribution in [0, 0.1) is 5.92 Å². The van der Waals surface area contributed by atoms with Gasteiger partial charge < -0.3 is 4.90 Å². The second kappa shape index (κ2) is 4.30. The van der Waals surface area contributed by atoms with E-state index in [0.29, 0.717) is 6.04 Å². The highest BCUT2D eigenvalue weighted by molar-refractivity contribution is 5.60. The summed E-state index contributed by atoms with van der Waals surface area (Å²) in [6.45, 7) is 7.11. The Kier molecular flexibility index (Phi) is 2.79.